The molecular weight excluding hydrogens is 472 g/mol. The molecule has 4 aromatic rings. The van der Waals surface area contributed by atoms with E-state index in [1.807, 2.05) is 47.1 Å². The Bertz CT molecular complexity index is 1520. The summed E-state index contributed by atoms with van der Waals surface area (Å²) in [5.41, 5.74) is 0.555. The normalized spacial score (nSPS) is 11.4. The van der Waals surface area contributed by atoms with Crippen LogP contribution in [0.3, 0.4) is 0 Å². The molecule has 12 nitrogen and oxygen atoms in total. The van der Waals surface area contributed by atoms with Gasteiger partial charge in [-0.15, -0.1) is 11.7 Å². The van der Waals surface area contributed by atoms with Crippen molar-refractivity contribution in [1.29, 1.82) is 0 Å². The lowest BCUT2D eigenvalue weighted by Crippen LogP contribution is -2.28. The number of hydrogen-bond donors (Lipinski definition) is 1. The van der Waals surface area contributed by atoms with E-state index in [0.29, 0.717) is 28.5 Å². The van der Waals surface area contributed by atoms with Gasteiger partial charge < -0.3 is 15.1 Å². The van der Waals surface area contributed by atoms with Gasteiger partial charge in [0.2, 0.25) is 5.95 Å². The van der Waals surface area contributed by atoms with Crippen LogP contribution in [0.15, 0.2) is 58.9 Å². The maximum atomic E-state index is 13.1. The summed E-state index contributed by atoms with van der Waals surface area (Å²) in [7, 11) is 6.07. The highest BCUT2D eigenvalue weighted by Crippen LogP contribution is 2.19. The van der Waals surface area contributed by atoms with Crippen molar-refractivity contribution in [3.63, 3.8) is 0 Å². The van der Waals surface area contributed by atoms with E-state index in [2.05, 4.69) is 41.7 Å². The molecule has 0 aliphatic heterocycles. The van der Waals surface area contributed by atoms with Crippen LogP contribution in [-0.2, 0) is 6.54 Å². The van der Waals surface area contributed by atoms with Crippen molar-refractivity contribution in [3.05, 3.63) is 70.0 Å². The highest BCUT2D eigenvalue weighted by Gasteiger charge is 2.19. The number of nitrogens with zero attached hydrogens (tertiary/aromatic N) is 9. The number of fused-ring (bicyclic) bond motifs is 1. The maximum absolute atomic E-state index is 13.1. The lowest BCUT2D eigenvalue weighted by atomic mass is 10.3. The van der Waals surface area contributed by atoms with Crippen LogP contribution < -0.4 is 21.3 Å². The Balaban J connectivity index is 1.71. The van der Waals surface area contributed by atoms with Gasteiger partial charge in [-0.05, 0) is 46.1 Å². The molecule has 0 atom stereocenters. The van der Waals surface area contributed by atoms with Crippen LogP contribution in [0.4, 0.5) is 17.5 Å². The van der Waals surface area contributed by atoms with Crippen LogP contribution in [0.1, 0.15) is 19.9 Å². The molecule has 1 N–H and O–H groups in total. The lowest BCUT2D eigenvalue weighted by molar-refractivity contribution is 0.416. The Morgan fingerprint density at radius 2 is 1.84 bits per heavy atom. The Hall–Kier alpha value is -4.32. The van der Waals surface area contributed by atoms with Crippen LogP contribution >= 0.6 is 0 Å². The third-order valence-corrected chi connectivity index (χ3v) is 5.77. The van der Waals surface area contributed by atoms with Crippen LogP contribution in [0.2, 0.25) is 0 Å². The molecule has 194 valence electrons. The molecule has 0 radical (unpaired) electrons. The van der Waals surface area contributed by atoms with Gasteiger partial charge in [-0.3, -0.25) is 9.59 Å². The van der Waals surface area contributed by atoms with Crippen LogP contribution in [-0.4, -0.2) is 73.2 Å². The molecular formula is C25H32N10O2. The second-order valence-corrected chi connectivity index (χ2v) is 9.24. The first-order valence-corrected chi connectivity index (χ1v) is 12.0. The van der Waals surface area contributed by atoms with Crippen molar-refractivity contribution in [2.75, 3.05) is 44.4 Å². The number of pyridine rings is 1. The van der Waals surface area contributed by atoms with E-state index in [9.17, 15) is 9.59 Å². The fraction of sp³-hybridized carbons (Fsp3) is 0.360. The summed E-state index contributed by atoms with van der Waals surface area (Å²) in [4.78, 5) is 43.1. The standard InChI is InChI=1S/C25H32N10O2/c1-7-12-33-24(37)19-16-27-25(28-18-8-9-20(26-15-18)32(6)14-13-31(4)5)29-23(19)35(33)21-10-11-22(36)34(30-21)17(2)3/h7-11,15-17H,1,12-14H2,2-6H3,(H,27,28,29). The Morgan fingerprint density at radius 1 is 1.05 bits per heavy atom. The van der Waals surface area contributed by atoms with E-state index in [4.69, 9.17) is 0 Å². The zero-order valence-corrected chi connectivity index (χ0v) is 21.8. The smallest absolute Gasteiger partial charge is 0.278 e. The molecule has 0 saturated heterocycles. The van der Waals surface area contributed by atoms with Gasteiger partial charge in [-0.25, -0.2) is 24.0 Å². The highest BCUT2D eigenvalue weighted by molar-refractivity contribution is 5.77. The minimum atomic E-state index is -0.280. The van der Waals surface area contributed by atoms with Crippen molar-refractivity contribution < 1.29 is 0 Å². The molecule has 0 aliphatic rings. The first-order valence-electron chi connectivity index (χ1n) is 12.0. The molecule has 4 aromatic heterocycles. The number of likely N-dealkylation sites (N-methyl/N-ethyl adjacent to an activating group) is 2. The predicted octanol–water partition coefficient (Wildman–Crippen LogP) is 2.04. The molecule has 4 rings (SSSR count). The second-order valence-electron chi connectivity index (χ2n) is 9.24. The van der Waals surface area contributed by atoms with E-state index >= 15 is 0 Å². The largest absolute Gasteiger partial charge is 0.358 e. The van der Waals surface area contributed by atoms with E-state index < -0.39 is 0 Å². The Kier molecular flexibility index (Phi) is 7.48. The van der Waals surface area contributed by atoms with Gasteiger partial charge in [0, 0.05) is 32.4 Å². The van der Waals surface area contributed by atoms with Crippen molar-refractivity contribution in [3.8, 4) is 5.82 Å². The molecule has 0 spiro atoms. The highest BCUT2D eigenvalue weighted by atomic mass is 16.1. The summed E-state index contributed by atoms with van der Waals surface area (Å²) in [5, 5.41) is 7.97. The maximum Gasteiger partial charge on any atom is 0.278 e. The molecule has 0 saturated carbocycles. The summed E-state index contributed by atoms with van der Waals surface area (Å²) in [6.07, 6.45) is 4.81. The molecule has 37 heavy (non-hydrogen) atoms. The SMILES string of the molecule is C=CCn1c(=O)c2cnc(Nc3ccc(N(C)CCN(C)C)nc3)nc2n1-c1ccc(=O)n(C(C)C)n1. The fourth-order valence-corrected chi connectivity index (χ4v) is 3.79. The molecule has 0 bridgehead atoms. The second kappa shape index (κ2) is 10.7. The zero-order valence-electron chi connectivity index (χ0n) is 21.8. The van der Waals surface area contributed by atoms with Crippen LogP contribution in [0.5, 0.6) is 0 Å². The van der Waals surface area contributed by atoms with Gasteiger partial charge in [-0.1, -0.05) is 6.08 Å². The summed E-state index contributed by atoms with van der Waals surface area (Å²) in [6, 6.07) is 6.67. The number of hydrogen-bond acceptors (Lipinski definition) is 9. The predicted molar refractivity (Wildman–Crippen MR) is 145 cm³/mol. The summed E-state index contributed by atoms with van der Waals surface area (Å²) < 4.78 is 4.42. The first-order chi connectivity index (χ1) is 17.7. The van der Waals surface area contributed by atoms with E-state index in [1.54, 1.807) is 23.0 Å². The molecule has 0 aliphatic carbocycles. The molecule has 0 amide bonds. The minimum absolute atomic E-state index is 0.155. The first kappa shape index (κ1) is 25.8. The molecule has 0 unspecified atom stereocenters. The van der Waals surface area contributed by atoms with Crippen molar-refractivity contribution >= 4 is 28.5 Å². The van der Waals surface area contributed by atoms with E-state index in [1.165, 1.54) is 21.6 Å². The number of aromatic nitrogens is 7. The van der Waals surface area contributed by atoms with E-state index in [0.717, 1.165) is 18.9 Å². The van der Waals surface area contributed by atoms with Crippen LogP contribution in [0.25, 0.3) is 16.9 Å². The molecule has 0 aromatic carbocycles. The van der Waals surface area contributed by atoms with Gasteiger partial charge in [0.25, 0.3) is 11.1 Å². The number of nitrogens with one attached hydrogen (secondary N) is 1. The number of rotatable bonds is 10. The summed E-state index contributed by atoms with van der Waals surface area (Å²) >= 11 is 0. The van der Waals surface area contributed by atoms with Gasteiger partial charge >= 0.3 is 0 Å². The zero-order chi connectivity index (χ0) is 26.7. The quantitative estimate of drug-likeness (QED) is 0.324. The third kappa shape index (κ3) is 5.43. The van der Waals surface area contributed by atoms with Gasteiger partial charge in [0.1, 0.15) is 11.2 Å². The van der Waals surface area contributed by atoms with Crippen molar-refractivity contribution in [2.24, 2.45) is 0 Å². The molecule has 0 fully saturated rings. The Morgan fingerprint density at radius 3 is 2.49 bits per heavy atom. The van der Waals surface area contributed by atoms with Gasteiger partial charge in [0.15, 0.2) is 11.5 Å². The summed E-state index contributed by atoms with van der Waals surface area (Å²) in [6.45, 7) is 9.50. The third-order valence-electron chi connectivity index (χ3n) is 5.77. The molecule has 12 heteroatoms. The number of allylic oxidation sites excluding steroid dienone is 1. The molecule has 4 heterocycles. The topological polar surface area (TPSA) is 119 Å². The van der Waals surface area contributed by atoms with Gasteiger partial charge in [-0.2, -0.15) is 4.98 Å². The Labute approximate surface area is 214 Å². The minimum Gasteiger partial charge on any atom is -0.358 e. The van der Waals surface area contributed by atoms with Crippen molar-refractivity contribution in [1.82, 2.24) is 39.0 Å². The monoisotopic (exact) mass is 504 g/mol. The number of anilines is 3. The van der Waals surface area contributed by atoms with E-state index in [-0.39, 0.29) is 23.7 Å². The van der Waals surface area contributed by atoms with Gasteiger partial charge in [0.05, 0.1) is 24.5 Å². The van der Waals surface area contributed by atoms with Crippen LogP contribution in [0, 0.1) is 0 Å². The summed E-state index contributed by atoms with van der Waals surface area (Å²) in [5.74, 6) is 1.54. The fourth-order valence-electron chi connectivity index (χ4n) is 3.79. The average Bonchev–Trinajstić information content (AvgIpc) is 3.14. The average molecular weight is 505 g/mol. The lowest BCUT2D eigenvalue weighted by Gasteiger charge is -2.20. The van der Waals surface area contributed by atoms with Crippen molar-refractivity contribution in [2.45, 2.75) is 26.4 Å².